The van der Waals surface area contributed by atoms with Gasteiger partial charge < -0.3 is 19.9 Å². The van der Waals surface area contributed by atoms with Crippen molar-refractivity contribution in [3.63, 3.8) is 0 Å². The highest BCUT2D eigenvalue weighted by Gasteiger charge is 2.23. The fourth-order valence-corrected chi connectivity index (χ4v) is 4.57. The van der Waals surface area contributed by atoms with Gasteiger partial charge in [-0.15, -0.1) is 0 Å². The van der Waals surface area contributed by atoms with Gasteiger partial charge in [-0.2, -0.15) is 9.97 Å². The van der Waals surface area contributed by atoms with Crippen LogP contribution >= 0.6 is 0 Å². The molecule has 7 nitrogen and oxygen atoms in total. The second-order valence-corrected chi connectivity index (χ2v) is 8.95. The zero-order valence-electron chi connectivity index (χ0n) is 19.2. The lowest BCUT2D eigenvalue weighted by Gasteiger charge is -2.37. The zero-order chi connectivity index (χ0) is 21.6. The summed E-state index contributed by atoms with van der Waals surface area (Å²) in [5.41, 5.74) is 0.950. The second-order valence-electron chi connectivity index (χ2n) is 8.95. The van der Waals surface area contributed by atoms with Gasteiger partial charge in [0.1, 0.15) is 17.4 Å². The van der Waals surface area contributed by atoms with Crippen LogP contribution in [0.4, 0.5) is 23.3 Å². The number of ether oxygens (including phenoxy) is 1. The molecule has 1 aliphatic carbocycles. The maximum absolute atomic E-state index is 5.34. The number of hydrogen-bond donors (Lipinski definition) is 1. The van der Waals surface area contributed by atoms with Gasteiger partial charge in [-0.25, -0.2) is 0 Å². The molecule has 4 rings (SSSR count). The van der Waals surface area contributed by atoms with Crippen LogP contribution in [0.3, 0.4) is 0 Å². The number of methoxy groups -OCH3 is 1. The topological polar surface area (TPSA) is 56.8 Å². The molecular weight excluding hydrogens is 388 g/mol. The number of rotatable bonds is 7. The van der Waals surface area contributed by atoms with E-state index in [1.165, 1.54) is 38.6 Å². The first-order valence-corrected chi connectivity index (χ1v) is 11.6. The zero-order valence-corrected chi connectivity index (χ0v) is 19.2. The van der Waals surface area contributed by atoms with E-state index >= 15 is 0 Å². The van der Waals surface area contributed by atoms with Crippen molar-refractivity contribution in [1.29, 1.82) is 0 Å². The average molecular weight is 425 g/mol. The molecule has 1 N–H and O–H groups in total. The molecule has 168 valence electrons. The predicted octanol–water partition coefficient (Wildman–Crippen LogP) is 4.00. The quantitative estimate of drug-likeness (QED) is 0.721. The summed E-state index contributed by atoms with van der Waals surface area (Å²) in [4.78, 5) is 16.7. The number of piperazine rings is 1. The molecule has 31 heavy (non-hydrogen) atoms. The van der Waals surface area contributed by atoms with E-state index in [9.17, 15) is 0 Å². The van der Waals surface area contributed by atoms with Gasteiger partial charge in [0.05, 0.1) is 7.11 Å². The average Bonchev–Trinajstić information content (AvgIpc) is 2.80. The molecule has 0 amide bonds. The smallest absolute Gasteiger partial charge is 0.229 e. The maximum Gasteiger partial charge on any atom is 0.229 e. The standard InChI is InChI=1S/C24H36N6O/c1-28(2)23-17-22(25-20-10-7-11-21(16-20)31-3)26-24(27-23)30-14-12-29(13-15-30)18-19-8-5-4-6-9-19/h7,10-11,16-17,19H,4-6,8-9,12-15,18H2,1-3H3,(H,25,26,27). The lowest BCUT2D eigenvalue weighted by Crippen LogP contribution is -2.48. The van der Waals surface area contributed by atoms with Crippen molar-refractivity contribution in [2.24, 2.45) is 5.92 Å². The molecule has 2 aromatic rings. The van der Waals surface area contributed by atoms with E-state index in [4.69, 9.17) is 14.7 Å². The Balaban J connectivity index is 1.43. The molecule has 2 fully saturated rings. The van der Waals surface area contributed by atoms with Crippen LogP contribution in [0.1, 0.15) is 32.1 Å². The maximum atomic E-state index is 5.34. The van der Waals surface area contributed by atoms with Crippen molar-refractivity contribution in [3.05, 3.63) is 30.3 Å². The molecule has 1 aromatic carbocycles. The second kappa shape index (κ2) is 10.2. The molecule has 0 atom stereocenters. The van der Waals surface area contributed by atoms with Crippen molar-refractivity contribution >= 4 is 23.3 Å². The highest BCUT2D eigenvalue weighted by molar-refractivity contribution is 5.63. The van der Waals surface area contributed by atoms with Crippen LogP contribution in [0.15, 0.2) is 30.3 Å². The van der Waals surface area contributed by atoms with Crippen molar-refractivity contribution in [2.75, 3.05) is 69.0 Å². The van der Waals surface area contributed by atoms with Crippen LogP contribution in [-0.4, -0.2) is 68.8 Å². The Labute approximate surface area is 186 Å². The monoisotopic (exact) mass is 424 g/mol. The van der Waals surface area contributed by atoms with Crippen LogP contribution in [0.2, 0.25) is 0 Å². The molecule has 0 radical (unpaired) electrons. The van der Waals surface area contributed by atoms with E-state index in [1.807, 2.05) is 49.3 Å². The Bertz CT molecular complexity index is 844. The number of benzene rings is 1. The summed E-state index contributed by atoms with van der Waals surface area (Å²) in [6.45, 7) is 5.38. The molecule has 0 bridgehead atoms. The summed E-state index contributed by atoms with van der Waals surface area (Å²) in [5, 5.41) is 3.42. The Hall–Kier alpha value is -2.54. The molecule has 1 saturated heterocycles. The summed E-state index contributed by atoms with van der Waals surface area (Å²) in [6, 6.07) is 9.89. The highest BCUT2D eigenvalue weighted by atomic mass is 16.5. The van der Waals surface area contributed by atoms with Gasteiger partial charge in [0.2, 0.25) is 5.95 Å². The Kier molecular flexibility index (Phi) is 7.12. The number of hydrogen-bond acceptors (Lipinski definition) is 7. The van der Waals surface area contributed by atoms with Gasteiger partial charge in [-0.3, -0.25) is 4.90 Å². The number of aromatic nitrogens is 2. The summed E-state index contributed by atoms with van der Waals surface area (Å²) in [7, 11) is 5.72. The molecule has 0 spiro atoms. The van der Waals surface area contributed by atoms with Gasteiger partial charge in [0, 0.05) is 64.6 Å². The number of nitrogens with one attached hydrogen (secondary N) is 1. The first kappa shape index (κ1) is 21.7. The van der Waals surface area contributed by atoms with Gasteiger partial charge in [0.25, 0.3) is 0 Å². The minimum atomic E-state index is 0.798. The molecule has 7 heteroatoms. The largest absolute Gasteiger partial charge is 0.497 e. The van der Waals surface area contributed by atoms with Gasteiger partial charge in [-0.05, 0) is 30.9 Å². The van der Waals surface area contributed by atoms with E-state index in [0.717, 1.165) is 61.1 Å². The molecule has 2 heterocycles. The van der Waals surface area contributed by atoms with E-state index in [0.29, 0.717) is 0 Å². The molecule has 0 unspecified atom stereocenters. The van der Waals surface area contributed by atoms with E-state index in [-0.39, 0.29) is 0 Å². The van der Waals surface area contributed by atoms with E-state index < -0.39 is 0 Å². The Morgan fingerprint density at radius 1 is 1.03 bits per heavy atom. The normalized spacial score (nSPS) is 18.1. The summed E-state index contributed by atoms with van der Waals surface area (Å²) >= 11 is 0. The van der Waals surface area contributed by atoms with Crippen molar-refractivity contribution in [2.45, 2.75) is 32.1 Å². The lowest BCUT2D eigenvalue weighted by atomic mass is 9.89. The molecular formula is C24H36N6O. The van der Waals surface area contributed by atoms with Crippen molar-refractivity contribution < 1.29 is 4.74 Å². The Morgan fingerprint density at radius 3 is 2.52 bits per heavy atom. The van der Waals surface area contributed by atoms with Crippen LogP contribution in [0, 0.1) is 5.92 Å². The molecule has 1 aromatic heterocycles. The number of nitrogens with zero attached hydrogens (tertiary/aromatic N) is 5. The van der Waals surface area contributed by atoms with Gasteiger partial charge in [-0.1, -0.05) is 25.3 Å². The minimum absolute atomic E-state index is 0.798. The highest BCUT2D eigenvalue weighted by Crippen LogP contribution is 2.27. The molecule has 2 aliphatic rings. The van der Waals surface area contributed by atoms with Crippen molar-refractivity contribution in [1.82, 2.24) is 14.9 Å². The van der Waals surface area contributed by atoms with Gasteiger partial charge in [0.15, 0.2) is 0 Å². The van der Waals surface area contributed by atoms with Crippen molar-refractivity contribution in [3.8, 4) is 5.75 Å². The third kappa shape index (κ3) is 5.79. The minimum Gasteiger partial charge on any atom is -0.497 e. The van der Waals surface area contributed by atoms with Crippen LogP contribution in [0.25, 0.3) is 0 Å². The van der Waals surface area contributed by atoms with Crippen LogP contribution < -0.4 is 19.9 Å². The third-order valence-corrected chi connectivity index (χ3v) is 6.40. The first-order chi connectivity index (χ1) is 15.1. The van der Waals surface area contributed by atoms with Crippen LogP contribution in [0.5, 0.6) is 5.75 Å². The summed E-state index contributed by atoms with van der Waals surface area (Å²) in [6.07, 6.45) is 7.08. The fourth-order valence-electron chi connectivity index (χ4n) is 4.57. The summed E-state index contributed by atoms with van der Waals surface area (Å²) < 4.78 is 5.34. The third-order valence-electron chi connectivity index (χ3n) is 6.40. The van der Waals surface area contributed by atoms with E-state index in [2.05, 4.69) is 15.1 Å². The summed E-state index contributed by atoms with van der Waals surface area (Å²) in [5.74, 6) is 4.22. The van der Waals surface area contributed by atoms with Gasteiger partial charge >= 0.3 is 0 Å². The number of anilines is 4. The van der Waals surface area contributed by atoms with Crippen LogP contribution in [-0.2, 0) is 0 Å². The predicted molar refractivity (Wildman–Crippen MR) is 128 cm³/mol. The molecule has 1 aliphatic heterocycles. The Morgan fingerprint density at radius 2 is 1.81 bits per heavy atom. The lowest BCUT2D eigenvalue weighted by molar-refractivity contribution is 0.191. The first-order valence-electron chi connectivity index (χ1n) is 11.6. The van der Waals surface area contributed by atoms with E-state index in [1.54, 1.807) is 7.11 Å². The fraction of sp³-hybridized carbons (Fsp3) is 0.583. The molecule has 1 saturated carbocycles. The SMILES string of the molecule is COc1cccc(Nc2cc(N(C)C)nc(N3CCN(CC4CCCCC4)CC3)n2)c1.